The Balaban J connectivity index is 1.36. The number of carbonyl (C=O) groups is 3. The van der Waals surface area contributed by atoms with Gasteiger partial charge in [-0.1, -0.05) is 88.4 Å². The molecule has 0 bridgehead atoms. The number of halogens is 1. The van der Waals surface area contributed by atoms with Crippen LogP contribution in [-0.2, 0) is 24.3 Å². The standard InChI is InChI=1S/C30H36ClN3O7S/c1-3-4-5-6-7-8-9-10-11-14-19-40-29(36)21-17-18-22(31)24(20-21)34-28(35)26(41-30(34)37)27-32-42(38,39)25-16-13-12-15-23(25)33(27)2/h12-13,15-18,20,26H,3-11,14,19H2,1-2H3. The van der Waals surface area contributed by atoms with E-state index in [9.17, 15) is 22.8 Å². The molecule has 2 heterocycles. The smallest absolute Gasteiger partial charge is 0.422 e. The second-order valence-electron chi connectivity index (χ2n) is 10.4. The zero-order valence-corrected chi connectivity index (χ0v) is 25.5. The summed E-state index contributed by atoms with van der Waals surface area (Å²) in [4.78, 5) is 41.0. The minimum atomic E-state index is -4.14. The number of hydrogen-bond acceptors (Lipinski definition) is 8. The Labute approximate surface area is 251 Å². The van der Waals surface area contributed by atoms with Crippen LogP contribution in [0.5, 0.6) is 0 Å². The quantitative estimate of drug-likeness (QED) is 0.174. The number of ether oxygens (including phenoxy) is 2. The fraction of sp³-hybridized carbons (Fsp3) is 0.467. The number of amides is 2. The van der Waals surface area contributed by atoms with Gasteiger partial charge >= 0.3 is 12.1 Å². The SMILES string of the molecule is CCCCCCCCCCCCOC(=O)c1ccc(Cl)c(N2C(=O)OC(C3=NS(=O)(=O)c4ccccc4N3C)C2=O)c1. The molecular weight excluding hydrogens is 582 g/mol. The van der Waals surface area contributed by atoms with E-state index in [1.165, 1.54) is 81.2 Å². The highest BCUT2D eigenvalue weighted by Gasteiger charge is 2.48. The van der Waals surface area contributed by atoms with Gasteiger partial charge in [0.25, 0.3) is 15.9 Å². The second kappa shape index (κ2) is 14.2. The predicted molar refractivity (Wildman–Crippen MR) is 161 cm³/mol. The molecule has 42 heavy (non-hydrogen) atoms. The van der Waals surface area contributed by atoms with E-state index in [0.717, 1.165) is 19.3 Å². The third kappa shape index (κ3) is 7.12. The molecule has 1 atom stereocenters. The molecule has 2 amide bonds. The largest absolute Gasteiger partial charge is 0.462 e. The lowest BCUT2D eigenvalue weighted by atomic mass is 10.1. The number of para-hydroxylation sites is 1. The molecule has 2 aliphatic heterocycles. The molecule has 0 aliphatic carbocycles. The van der Waals surface area contributed by atoms with Gasteiger partial charge in [0.2, 0.25) is 6.10 Å². The third-order valence-electron chi connectivity index (χ3n) is 7.30. The molecule has 0 aromatic heterocycles. The lowest BCUT2D eigenvalue weighted by Gasteiger charge is -2.28. The van der Waals surface area contributed by atoms with E-state index >= 15 is 0 Å². The van der Waals surface area contributed by atoms with Gasteiger partial charge in [0.1, 0.15) is 4.90 Å². The first-order valence-electron chi connectivity index (χ1n) is 14.3. The van der Waals surface area contributed by atoms with E-state index in [0.29, 0.717) is 4.90 Å². The Hall–Kier alpha value is -3.44. The number of esters is 1. The van der Waals surface area contributed by atoms with Gasteiger partial charge in [0, 0.05) is 7.05 Å². The van der Waals surface area contributed by atoms with E-state index < -0.39 is 34.1 Å². The van der Waals surface area contributed by atoms with Crippen molar-refractivity contribution in [3.63, 3.8) is 0 Å². The van der Waals surface area contributed by atoms with Gasteiger partial charge in [-0.3, -0.25) is 4.79 Å². The normalized spacial score (nSPS) is 17.6. The van der Waals surface area contributed by atoms with Crippen LogP contribution in [0.1, 0.15) is 81.5 Å². The number of carbonyl (C=O) groups excluding carboxylic acids is 3. The van der Waals surface area contributed by atoms with Crippen molar-refractivity contribution < 1.29 is 32.3 Å². The summed E-state index contributed by atoms with van der Waals surface area (Å²) >= 11 is 6.32. The Morgan fingerprint density at radius 2 is 1.60 bits per heavy atom. The monoisotopic (exact) mass is 617 g/mol. The van der Waals surface area contributed by atoms with Crippen LogP contribution in [0.4, 0.5) is 16.2 Å². The average Bonchev–Trinajstić information content (AvgIpc) is 3.27. The fourth-order valence-corrected chi connectivity index (χ4v) is 6.46. The maximum absolute atomic E-state index is 13.4. The highest BCUT2D eigenvalue weighted by Crippen LogP contribution is 2.35. The van der Waals surface area contributed by atoms with E-state index in [1.807, 2.05) is 0 Å². The number of imide groups is 1. The summed E-state index contributed by atoms with van der Waals surface area (Å²) in [6.07, 6.45) is 8.88. The van der Waals surface area contributed by atoms with Crippen molar-refractivity contribution in [3.05, 3.63) is 53.1 Å². The number of benzene rings is 2. The molecule has 2 aromatic carbocycles. The minimum absolute atomic E-state index is 0.0177. The molecule has 0 N–H and O–H groups in total. The van der Waals surface area contributed by atoms with Crippen LogP contribution in [0.25, 0.3) is 0 Å². The Morgan fingerprint density at radius 3 is 2.29 bits per heavy atom. The summed E-state index contributed by atoms with van der Waals surface area (Å²) in [5.41, 5.74) is 0.314. The maximum Gasteiger partial charge on any atom is 0.422 e. The molecule has 4 rings (SSSR count). The lowest BCUT2D eigenvalue weighted by molar-refractivity contribution is -0.119. The lowest BCUT2D eigenvalue weighted by Crippen LogP contribution is -2.45. The second-order valence-corrected chi connectivity index (χ2v) is 12.4. The van der Waals surface area contributed by atoms with Crippen molar-refractivity contribution in [2.75, 3.05) is 23.5 Å². The zero-order valence-electron chi connectivity index (χ0n) is 23.9. The maximum atomic E-state index is 13.4. The van der Waals surface area contributed by atoms with Crippen LogP contribution in [0.2, 0.25) is 5.02 Å². The number of hydrogen-bond donors (Lipinski definition) is 0. The van der Waals surface area contributed by atoms with Crippen LogP contribution < -0.4 is 9.80 Å². The molecule has 12 heteroatoms. The summed E-state index contributed by atoms with van der Waals surface area (Å²) in [5, 5.41) is 0.0177. The number of likely N-dealkylation sites (N-methyl/N-ethyl adjacent to an activating group) is 1. The van der Waals surface area contributed by atoms with Crippen LogP contribution >= 0.6 is 11.6 Å². The number of unbranched alkanes of at least 4 members (excludes halogenated alkanes) is 9. The number of fused-ring (bicyclic) bond motifs is 1. The van der Waals surface area contributed by atoms with Gasteiger partial charge in [-0.15, -0.1) is 4.40 Å². The topological polar surface area (TPSA) is 123 Å². The van der Waals surface area contributed by atoms with Crippen molar-refractivity contribution >= 4 is 56.8 Å². The Bertz CT molecular complexity index is 1460. The van der Waals surface area contributed by atoms with Crippen LogP contribution in [0, 0.1) is 0 Å². The van der Waals surface area contributed by atoms with Gasteiger partial charge in [-0.2, -0.15) is 8.42 Å². The molecule has 2 aromatic rings. The molecule has 0 saturated carbocycles. The van der Waals surface area contributed by atoms with E-state index in [-0.39, 0.29) is 39.3 Å². The van der Waals surface area contributed by atoms with Gasteiger partial charge in [0.05, 0.1) is 28.6 Å². The average molecular weight is 618 g/mol. The summed E-state index contributed by atoms with van der Waals surface area (Å²) in [6.45, 7) is 2.46. The van der Waals surface area contributed by atoms with Crippen molar-refractivity contribution in [2.24, 2.45) is 4.40 Å². The summed E-state index contributed by atoms with van der Waals surface area (Å²) in [7, 11) is -2.61. The van der Waals surface area contributed by atoms with Crippen molar-refractivity contribution in [2.45, 2.75) is 82.1 Å². The zero-order chi connectivity index (χ0) is 30.3. The highest BCUT2D eigenvalue weighted by molar-refractivity contribution is 7.90. The molecule has 2 aliphatic rings. The Morgan fingerprint density at radius 1 is 0.952 bits per heavy atom. The predicted octanol–water partition coefficient (Wildman–Crippen LogP) is 6.51. The molecule has 1 unspecified atom stereocenters. The van der Waals surface area contributed by atoms with Crippen LogP contribution in [-0.4, -0.2) is 52.0 Å². The fourth-order valence-electron chi connectivity index (χ4n) is 4.97. The number of rotatable bonds is 14. The molecule has 1 fully saturated rings. The number of nitrogens with zero attached hydrogens (tertiary/aromatic N) is 3. The first-order chi connectivity index (χ1) is 20.2. The minimum Gasteiger partial charge on any atom is -0.462 e. The van der Waals surface area contributed by atoms with Gasteiger partial charge in [0.15, 0.2) is 5.84 Å². The molecular formula is C30H36ClN3O7S. The van der Waals surface area contributed by atoms with E-state index in [2.05, 4.69) is 11.3 Å². The first-order valence-corrected chi connectivity index (χ1v) is 16.2. The molecule has 0 radical (unpaired) electrons. The molecule has 0 spiro atoms. The van der Waals surface area contributed by atoms with Crippen molar-refractivity contribution in [1.29, 1.82) is 0 Å². The number of cyclic esters (lactones) is 1. The summed E-state index contributed by atoms with van der Waals surface area (Å²) < 4.78 is 40.0. The highest BCUT2D eigenvalue weighted by atomic mass is 35.5. The molecule has 226 valence electrons. The van der Waals surface area contributed by atoms with Crippen LogP contribution in [0.15, 0.2) is 51.8 Å². The van der Waals surface area contributed by atoms with E-state index in [1.54, 1.807) is 18.2 Å². The van der Waals surface area contributed by atoms with Crippen LogP contribution in [0.3, 0.4) is 0 Å². The Kier molecular flexibility index (Phi) is 10.6. The number of anilines is 2. The third-order valence-corrected chi connectivity index (χ3v) is 8.94. The van der Waals surface area contributed by atoms with Gasteiger partial charge in [-0.25, -0.2) is 14.5 Å². The number of sulfonamides is 1. The van der Waals surface area contributed by atoms with Crippen molar-refractivity contribution in [3.8, 4) is 0 Å². The number of amidine groups is 1. The van der Waals surface area contributed by atoms with Gasteiger partial charge < -0.3 is 14.4 Å². The molecule has 10 nitrogen and oxygen atoms in total. The molecule has 1 saturated heterocycles. The first kappa shape index (κ1) is 31.5. The van der Waals surface area contributed by atoms with Gasteiger partial charge in [-0.05, 0) is 36.8 Å². The van der Waals surface area contributed by atoms with Crippen molar-refractivity contribution in [1.82, 2.24) is 0 Å². The summed E-state index contributed by atoms with van der Waals surface area (Å²) in [5.74, 6) is -1.77. The van der Waals surface area contributed by atoms with E-state index in [4.69, 9.17) is 21.1 Å². The summed E-state index contributed by atoms with van der Waals surface area (Å²) in [6, 6.07) is 10.3.